The molecule has 4 rings (SSSR count). The van der Waals surface area contributed by atoms with Crippen molar-refractivity contribution in [1.82, 2.24) is 20.8 Å². The highest BCUT2D eigenvalue weighted by molar-refractivity contribution is 7.10. The fraction of sp³-hybridized carbons (Fsp3) is 0.0833. The molecule has 2 N–H and O–H groups in total. The molecular formula is C24H19ClN4O3S. The van der Waals surface area contributed by atoms with Crippen molar-refractivity contribution < 1.29 is 14.1 Å². The van der Waals surface area contributed by atoms with Crippen LogP contribution in [-0.4, -0.2) is 22.0 Å². The highest BCUT2D eigenvalue weighted by Gasteiger charge is 2.17. The summed E-state index contributed by atoms with van der Waals surface area (Å²) >= 11 is 7.36. The Balaban J connectivity index is 1.47. The Hall–Kier alpha value is -3.75. The third kappa shape index (κ3) is 5.74. The smallest absolute Gasteiger partial charge is 0.268 e. The zero-order valence-electron chi connectivity index (χ0n) is 17.5. The number of halogens is 1. The van der Waals surface area contributed by atoms with E-state index in [1.807, 2.05) is 36.6 Å². The molecule has 2 aromatic carbocycles. The van der Waals surface area contributed by atoms with Crippen LogP contribution in [0.1, 0.15) is 26.7 Å². The van der Waals surface area contributed by atoms with E-state index in [9.17, 15) is 9.59 Å². The summed E-state index contributed by atoms with van der Waals surface area (Å²) in [4.78, 5) is 30.8. The molecule has 0 aliphatic rings. The summed E-state index contributed by atoms with van der Waals surface area (Å²) in [5, 5.41) is 11.9. The molecule has 0 atom stereocenters. The van der Waals surface area contributed by atoms with Gasteiger partial charge in [0, 0.05) is 21.0 Å². The molecule has 0 aliphatic heterocycles. The van der Waals surface area contributed by atoms with E-state index in [2.05, 4.69) is 20.8 Å². The number of aromatic nitrogens is 2. The quantitative estimate of drug-likeness (QED) is 0.370. The van der Waals surface area contributed by atoms with Crippen LogP contribution in [0.15, 0.2) is 76.3 Å². The number of amides is 2. The molecule has 0 radical (unpaired) electrons. The molecule has 9 heteroatoms. The van der Waals surface area contributed by atoms with Crippen LogP contribution in [0.25, 0.3) is 17.5 Å². The second-order valence-corrected chi connectivity index (χ2v) is 8.46. The Labute approximate surface area is 199 Å². The van der Waals surface area contributed by atoms with Gasteiger partial charge in [0.25, 0.3) is 11.8 Å². The molecule has 0 fully saturated rings. The standard InChI is InChI=1S/C24H19ClN4O3S/c1-15-5-2-3-7-19(15)23(30)27-20(13-18-6-4-12-33-18)24(31)26-14-21-28-22(29-32-21)16-8-10-17(25)11-9-16/h2-13H,14H2,1H3,(H,26,31)(H,27,30)/b20-13-. The summed E-state index contributed by atoms with van der Waals surface area (Å²) in [6, 6.07) is 17.9. The van der Waals surface area contributed by atoms with Gasteiger partial charge in [-0.2, -0.15) is 4.98 Å². The molecule has 0 aliphatic carbocycles. The lowest BCUT2D eigenvalue weighted by Gasteiger charge is -2.11. The summed E-state index contributed by atoms with van der Waals surface area (Å²) in [5.41, 5.74) is 2.16. The van der Waals surface area contributed by atoms with Gasteiger partial charge in [0.15, 0.2) is 0 Å². The molecular weight excluding hydrogens is 460 g/mol. The van der Waals surface area contributed by atoms with Crippen LogP contribution in [-0.2, 0) is 11.3 Å². The van der Waals surface area contributed by atoms with E-state index >= 15 is 0 Å². The molecule has 2 heterocycles. The van der Waals surface area contributed by atoms with Crippen LogP contribution in [0.5, 0.6) is 0 Å². The normalized spacial score (nSPS) is 11.3. The van der Waals surface area contributed by atoms with Gasteiger partial charge in [-0.25, -0.2) is 0 Å². The molecule has 7 nitrogen and oxygen atoms in total. The second-order valence-electron chi connectivity index (χ2n) is 7.04. The Bertz CT molecular complexity index is 1300. The number of aryl methyl sites for hydroxylation is 1. The largest absolute Gasteiger partial charge is 0.342 e. The van der Waals surface area contributed by atoms with Crippen molar-refractivity contribution >= 4 is 40.8 Å². The Kier molecular flexibility index (Phi) is 6.97. The topological polar surface area (TPSA) is 97.1 Å². The highest BCUT2D eigenvalue weighted by atomic mass is 35.5. The Morgan fingerprint density at radius 1 is 1.09 bits per heavy atom. The van der Waals surface area contributed by atoms with Crippen LogP contribution >= 0.6 is 22.9 Å². The molecule has 0 bridgehead atoms. The first kappa shape index (κ1) is 22.4. The summed E-state index contributed by atoms with van der Waals surface area (Å²) < 4.78 is 5.24. The third-order valence-electron chi connectivity index (χ3n) is 4.68. The third-order valence-corrected chi connectivity index (χ3v) is 5.75. The van der Waals surface area contributed by atoms with Gasteiger partial charge in [0.1, 0.15) is 5.70 Å². The van der Waals surface area contributed by atoms with E-state index in [0.29, 0.717) is 16.4 Å². The lowest BCUT2D eigenvalue weighted by atomic mass is 10.1. The fourth-order valence-corrected chi connectivity index (χ4v) is 3.77. The van der Waals surface area contributed by atoms with Gasteiger partial charge in [-0.05, 0) is 60.3 Å². The number of hydrogen-bond donors (Lipinski definition) is 2. The van der Waals surface area contributed by atoms with Crippen molar-refractivity contribution in [3.05, 3.63) is 98.7 Å². The minimum Gasteiger partial charge on any atom is -0.342 e. The van der Waals surface area contributed by atoms with Crippen molar-refractivity contribution in [3.8, 4) is 11.4 Å². The number of hydrogen-bond acceptors (Lipinski definition) is 6. The average Bonchev–Trinajstić information content (AvgIpc) is 3.50. The number of carbonyl (C=O) groups excluding carboxylic acids is 2. The first-order chi connectivity index (χ1) is 16.0. The first-order valence-electron chi connectivity index (χ1n) is 9.98. The highest BCUT2D eigenvalue weighted by Crippen LogP contribution is 2.19. The lowest BCUT2D eigenvalue weighted by molar-refractivity contribution is -0.118. The molecule has 0 unspecified atom stereocenters. The molecule has 2 amide bonds. The van der Waals surface area contributed by atoms with Crippen LogP contribution < -0.4 is 10.6 Å². The van der Waals surface area contributed by atoms with Crippen LogP contribution in [0, 0.1) is 6.92 Å². The SMILES string of the molecule is Cc1ccccc1C(=O)N/C(=C\c1cccs1)C(=O)NCc1nc(-c2ccc(Cl)cc2)no1. The summed E-state index contributed by atoms with van der Waals surface area (Å²) in [7, 11) is 0. The van der Waals surface area contributed by atoms with Crippen molar-refractivity contribution in [2.75, 3.05) is 0 Å². The Morgan fingerprint density at radius 2 is 1.88 bits per heavy atom. The van der Waals surface area contributed by atoms with Gasteiger partial charge >= 0.3 is 0 Å². The summed E-state index contributed by atoms with van der Waals surface area (Å²) in [6.07, 6.45) is 1.63. The summed E-state index contributed by atoms with van der Waals surface area (Å²) in [5.74, 6) is -0.224. The van der Waals surface area contributed by atoms with Gasteiger partial charge in [-0.15, -0.1) is 11.3 Å². The molecule has 4 aromatic rings. The van der Waals surface area contributed by atoms with Crippen molar-refractivity contribution in [1.29, 1.82) is 0 Å². The van der Waals surface area contributed by atoms with Gasteiger partial charge in [-0.1, -0.05) is 41.0 Å². The van der Waals surface area contributed by atoms with Gasteiger partial charge < -0.3 is 15.2 Å². The lowest BCUT2D eigenvalue weighted by Crippen LogP contribution is -2.34. The number of nitrogens with zero attached hydrogens (tertiary/aromatic N) is 2. The van der Waals surface area contributed by atoms with E-state index in [4.69, 9.17) is 16.1 Å². The molecule has 166 valence electrons. The zero-order chi connectivity index (χ0) is 23.2. The predicted molar refractivity (Wildman–Crippen MR) is 128 cm³/mol. The van der Waals surface area contributed by atoms with E-state index in [0.717, 1.165) is 16.0 Å². The zero-order valence-corrected chi connectivity index (χ0v) is 19.1. The van der Waals surface area contributed by atoms with Gasteiger partial charge in [-0.3, -0.25) is 9.59 Å². The van der Waals surface area contributed by atoms with Gasteiger partial charge in [0.2, 0.25) is 11.7 Å². The predicted octanol–water partition coefficient (Wildman–Crippen LogP) is 4.85. The van der Waals surface area contributed by atoms with E-state index < -0.39 is 5.91 Å². The van der Waals surface area contributed by atoms with Crippen molar-refractivity contribution in [3.63, 3.8) is 0 Å². The van der Waals surface area contributed by atoms with Crippen LogP contribution in [0.4, 0.5) is 0 Å². The number of nitrogens with one attached hydrogen (secondary N) is 2. The Morgan fingerprint density at radius 3 is 2.61 bits per heavy atom. The summed E-state index contributed by atoms with van der Waals surface area (Å²) in [6.45, 7) is 1.84. The van der Waals surface area contributed by atoms with Crippen LogP contribution in [0.2, 0.25) is 5.02 Å². The molecule has 0 spiro atoms. The molecule has 0 saturated carbocycles. The molecule has 0 saturated heterocycles. The minimum atomic E-state index is -0.475. The van der Waals surface area contributed by atoms with Crippen LogP contribution in [0.3, 0.4) is 0 Å². The van der Waals surface area contributed by atoms with E-state index in [-0.39, 0.29) is 24.0 Å². The van der Waals surface area contributed by atoms with Crippen molar-refractivity contribution in [2.45, 2.75) is 13.5 Å². The first-order valence-corrected chi connectivity index (χ1v) is 11.2. The van der Waals surface area contributed by atoms with Gasteiger partial charge in [0.05, 0.1) is 6.54 Å². The number of carbonyl (C=O) groups is 2. The maximum Gasteiger partial charge on any atom is 0.268 e. The second kappa shape index (κ2) is 10.2. The monoisotopic (exact) mass is 478 g/mol. The fourth-order valence-electron chi connectivity index (χ4n) is 2.99. The van der Waals surface area contributed by atoms with E-state index in [1.165, 1.54) is 11.3 Å². The van der Waals surface area contributed by atoms with E-state index in [1.54, 1.807) is 42.5 Å². The number of rotatable bonds is 7. The maximum atomic E-state index is 12.9. The van der Waals surface area contributed by atoms with Crippen molar-refractivity contribution in [2.24, 2.45) is 0 Å². The number of thiophene rings is 1. The number of benzene rings is 2. The molecule has 33 heavy (non-hydrogen) atoms. The average molecular weight is 479 g/mol. The molecule has 2 aromatic heterocycles. The minimum absolute atomic E-state index is 0.00143. The maximum absolute atomic E-state index is 12.9.